The Bertz CT molecular complexity index is 294. The summed E-state index contributed by atoms with van der Waals surface area (Å²) in [5.41, 5.74) is 0. The fraction of sp³-hybridized carbons (Fsp3) is 0.636. The van der Waals surface area contributed by atoms with Crippen LogP contribution in [0.3, 0.4) is 0 Å². The number of carbonyl (C=O) groups excluding carboxylic acids is 1. The van der Waals surface area contributed by atoms with E-state index in [4.69, 9.17) is 21.7 Å². The zero-order valence-electron chi connectivity index (χ0n) is 8.80. The molecule has 1 saturated carbocycles. The lowest BCUT2D eigenvalue weighted by Gasteiger charge is -2.25. The maximum atomic E-state index is 11.7. The van der Waals surface area contributed by atoms with Crippen molar-refractivity contribution in [1.29, 1.82) is 0 Å². The van der Waals surface area contributed by atoms with Crippen molar-refractivity contribution in [3.05, 3.63) is 12.2 Å². The highest BCUT2D eigenvalue weighted by Gasteiger charge is 2.51. The Hall–Kier alpha value is -0.900. The summed E-state index contributed by atoms with van der Waals surface area (Å²) in [5, 5.41) is 0.530. The Kier molecular flexibility index (Phi) is 2.78. The van der Waals surface area contributed by atoms with Gasteiger partial charge in [-0.2, -0.15) is 0 Å². The van der Waals surface area contributed by atoms with Gasteiger partial charge in [0.1, 0.15) is 0 Å². The van der Waals surface area contributed by atoms with Crippen LogP contribution in [0.1, 0.15) is 6.42 Å². The van der Waals surface area contributed by atoms with Gasteiger partial charge in [0.2, 0.25) is 0 Å². The monoisotopic (exact) mass is 226 g/mol. The molecule has 0 aromatic heterocycles. The molecule has 2 aliphatic rings. The van der Waals surface area contributed by atoms with Gasteiger partial charge in [0.25, 0.3) is 0 Å². The lowest BCUT2D eigenvalue weighted by Crippen LogP contribution is -2.33. The number of methoxy groups -OCH3 is 2. The van der Waals surface area contributed by atoms with Crippen molar-refractivity contribution in [2.24, 2.45) is 23.7 Å². The van der Waals surface area contributed by atoms with Crippen LogP contribution in [0.5, 0.6) is 0 Å². The molecule has 15 heavy (non-hydrogen) atoms. The molecule has 0 aromatic rings. The minimum absolute atomic E-state index is 0.0208. The third-order valence-electron chi connectivity index (χ3n) is 3.41. The quantitative estimate of drug-likeness (QED) is 0.407. The molecule has 0 amide bonds. The maximum absolute atomic E-state index is 11.7. The molecule has 4 heteroatoms. The number of carbonyl (C=O) groups is 1. The van der Waals surface area contributed by atoms with Crippen molar-refractivity contribution < 1.29 is 14.3 Å². The van der Waals surface area contributed by atoms with Crippen LogP contribution >= 0.6 is 12.2 Å². The number of allylic oxidation sites excluding steroid dienone is 2. The zero-order chi connectivity index (χ0) is 11.0. The van der Waals surface area contributed by atoms with Crippen LogP contribution in [0.15, 0.2) is 12.2 Å². The Morgan fingerprint density at radius 3 is 2.33 bits per heavy atom. The first-order valence-corrected chi connectivity index (χ1v) is 5.44. The van der Waals surface area contributed by atoms with Crippen LogP contribution in [0.4, 0.5) is 0 Å². The summed E-state index contributed by atoms with van der Waals surface area (Å²) in [5.74, 6) is 0.341. The van der Waals surface area contributed by atoms with E-state index in [1.54, 1.807) is 7.11 Å². The van der Waals surface area contributed by atoms with Crippen LogP contribution in [0.25, 0.3) is 0 Å². The van der Waals surface area contributed by atoms with Crippen LogP contribution in [-0.2, 0) is 14.3 Å². The lowest BCUT2D eigenvalue weighted by molar-refractivity contribution is -0.147. The Morgan fingerprint density at radius 1 is 1.20 bits per heavy atom. The van der Waals surface area contributed by atoms with Gasteiger partial charge in [-0.05, 0) is 30.5 Å². The number of hydrogen-bond donors (Lipinski definition) is 0. The zero-order valence-corrected chi connectivity index (χ0v) is 9.62. The van der Waals surface area contributed by atoms with Gasteiger partial charge >= 0.3 is 5.97 Å². The number of fused-ring (bicyclic) bond motifs is 2. The van der Waals surface area contributed by atoms with E-state index < -0.39 is 0 Å². The first-order valence-electron chi connectivity index (χ1n) is 5.03. The highest BCUT2D eigenvalue weighted by atomic mass is 32.1. The van der Waals surface area contributed by atoms with E-state index in [-0.39, 0.29) is 23.7 Å². The Balaban J connectivity index is 2.24. The van der Waals surface area contributed by atoms with Crippen molar-refractivity contribution in [3.8, 4) is 0 Å². The van der Waals surface area contributed by atoms with Gasteiger partial charge in [0.15, 0.2) is 5.05 Å². The predicted octanol–water partition coefficient (Wildman–Crippen LogP) is 1.57. The molecule has 2 aliphatic carbocycles. The molecule has 3 nitrogen and oxygen atoms in total. The van der Waals surface area contributed by atoms with Crippen LogP contribution in [-0.4, -0.2) is 25.2 Å². The number of ether oxygens (including phenoxy) is 2. The molecule has 4 atom stereocenters. The van der Waals surface area contributed by atoms with Crippen LogP contribution in [0, 0.1) is 23.7 Å². The molecule has 1 fully saturated rings. The van der Waals surface area contributed by atoms with E-state index in [2.05, 4.69) is 12.2 Å². The maximum Gasteiger partial charge on any atom is 0.310 e. The fourth-order valence-electron chi connectivity index (χ4n) is 2.74. The molecule has 0 unspecified atom stereocenters. The molecule has 0 N–H and O–H groups in total. The largest absolute Gasteiger partial charge is 0.490 e. The highest BCUT2D eigenvalue weighted by Crippen LogP contribution is 2.49. The molecule has 0 aliphatic heterocycles. The normalized spacial score (nSPS) is 36.7. The van der Waals surface area contributed by atoms with E-state index in [9.17, 15) is 4.79 Å². The molecule has 0 spiro atoms. The molecular weight excluding hydrogens is 212 g/mol. The summed E-state index contributed by atoms with van der Waals surface area (Å²) < 4.78 is 9.93. The van der Waals surface area contributed by atoms with Crippen molar-refractivity contribution in [1.82, 2.24) is 0 Å². The number of hydrogen-bond acceptors (Lipinski definition) is 4. The summed E-state index contributed by atoms with van der Waals surface area (Å²) in [4.78, 5) is 11.7. The molecular formula is C11H14O3S. The SMILES string of the molecule is COC(=O)[C@H]1[C@H](C(=S)OC)[C@H]2C=C[C@@H]1C2. The summed E-state index contributed by atoms with van der Waals surface area (Å²) in [6, 6.07) is 0. The standard InChI is InChI=1S/C11H14O3S/c1-13-10(12)8-6-3-4-7(5-6)9(8)11(15)14-2/h3-4,6-9H,5H2,1-2H3/t6-,7+,8-,9-/m1/s1. The smallest absolute Gasteiger partial charge is 0.310 e. The molecule has 0 radical (unpaired) electrons. The van der Waals surface area contributed by atoms with Gasteiger partial charge in [0.05, 0.1) is 20.1 Å². The van der Waals surface area contributed by atoms with Gasteiger partial charge in [-0.3, -0.25) is 4.79 Å². The average Bonchev–Trinajstić information content (AvgIpc) is 2.86. The Labute approximate surface area is 94.4 Å². The predicted molar refractivity (Wildman–Crippen MR) is 59.3 cm³/mol. The van der Waals surface area contributed by atoms with Gasteiger partial charge in [-0.1, -0.05) is 12.2 Å². The minimum atomic E-state index is -0.170. The summed E-state index contributed by atoms with van der Waals surface area (Å²) >= 11 is 5.16. The molecule has 0 saturated heterocycles. The number of thiocarbonyl (C=S) groups is 1. The summed E-state index contributed by atoms with van der Waals surface area (Å²) in [6.45, 7) is 0. The molecule has 82 valence electrons. The fourth-order valence-corrected chi connectivity index (χ4v) is 3.06. The third-order valence-corrected chi connectivity index (χ3v) is 3.84. The van der Waals surface area contributed by atoms with Gasteiger partial charge in [-0.15, -0.1) is 0 Å². The number of esters is 1. The minimum Gasteiger partial charge on any atom is -0.490 e. The second-order valence-electron chi connectivity index (χ2n) is 4.05. The van der Waals surface area contributed by atoms with Crippen LogP contribution in [0.2, 0.25) is 0 Å². The highest BCUT2D eigenvalue weighted by molar-refractivity contribution is 7.80. The topological polar surface area (TPSA) is 35.5 Å². The Morgan fingerprint density at radius 2 is 1.80 bits per heavy atom. The van der Waals surface area contributed by atoms with Gasteiger partial charge in [-0.25, -0.2) is 0 Å². The summed E-state index contributed by atoms with van der Waals surface area (Å²) in [6.07, 6.45) is 5.23. The first kappa shape index (κ1) is 10.6. The molecule has 2 bridgehead atoms. The van der Waals surface area contributed by atoms with E-state index >= 15 is 0 Å². The molecule has 2 rings (SSSR count). The van der Waals surface area contributed by atoms with Crippen molar-refractivity contribution >= 4 is 23.2 Å². The van der Waals surface area contributed by atoms with E-state index in [1.807, 2.05) is 0 Å². The van der Waals surface area contributed by atoms with Gasteiger partial charge in [0, 0.05) is 5.92 Å². The average molecular weight is 226 g/mol. The van der Waals surface area contributed by atoms with E-state index in [0.717, 1.165) is 6.42 Å². The van der Waals surface area contributed by atoms with E-state index in [0.29, 0.717) is 11.0 Å². The summed E-state index contributed by atoms with van der Waals surface area (Å²) in [7, 11) is 2.98. The molecule has 0 heterocycles. The lowest BCUT2D eigenvalue weighted by atomic mass is 9.83. The first-order chi connectivity index (χ1) is 7.19. The molecule has 0 aromatic carbocycles. The third kappa shape index (κ3) is 1.57. The van der Waals surface area contributed by atoms with Crippen molar-refractivity contribution in [2.45, 2.75) is 6.42 Å². The second kappa shape index (κ2) is 3.93. The van der Waals surface area contributed by atoms with Crippen molar-refractivity contribution in [2.75, 3.05) is 14.2 Å². The second-order valence-corrected chi connectivity index (χ2v) is 4.45. The van der Waals surface area contributed by atoms with E-state index in [1.165, 1.54) is 7.11 Å². The number of rotatable bonds is 2. The van der Waals surface area contributed by atoms with Crippen LogP contribution < -0.4 is 0 Å². The van der Waals surface area contributed by atoms with Gasteiger partial charge < -0.3 is 9.47 Å². The van der Waals surface area contributed by atoms with Crippen molar-refractivity contribution in [3.63, 3.8) is 0 Å².